The number of hydrogen-bond acceptors (Lipinski definition) is 4. The maximum absolute atomic E-state index is 12.5. The number of aromatic nitrogens is 1. The molecular weight excluding hydrogens is 246 g/mol. The minimum atomic E-state index is -2.97. The summed E-state index contributed by atoms with van der Waals surface area (Å²) in [5, 5.41) is 9.31. The van der Waals surface area contributed by atoms with Crippen molar-refractivity contribution in [3.05, 3.63) is 33.0 Å². The standard InChI is InChI=1S/C8H5ClF2N2O3/c1-3-5(6(9)14)4(7(10)11)2-12-8(3)13(15)16/h2,7H,1H3. The maximum atomic E-state index is 12.5. The molecule has 86 valence electrons. The zero-order valence-corrected chi connectivity index (χ0v) is 8.66. The monoisotopic (exact) mass is 250 g/mol. The Bertz CT molecular complexity index is 465. The van der Waals surface area contributed by atoms with Crippen molar-refractivity contribution in [3.63, 3.8) is 0 Å². The van der Waals surface area contributed by atoms with Crippen LogP contribution in [0.2, 0.25) is 0 Å². The van der Waals surface area contributed by atoms with Gasteiger partial charge >= 0.3 is 5.82 Å². The Kier molecular flexibility index (Phi) is 3.48. The van der Waals surface area contributed by atoms with Crippen LogP contribution in [0.3, 0.4) is 0 Å². The average Bonchev–Trinajstić information content (AvgIpc) is 2.15. The fourth-order valence-corrected chi connectivity index (χ4v) is 1.48. The van der Waals surface area contributed by atoms with Gasteiger partial charge in [0, 0.05) is 0 Å². The number of carbonyl (C=O) groups is 1. The quantitative estimate of drug-likeness (QED) is 0.469. The minimum Gasteiger partial charge on any atom is -0.358 e. The zero-order valence-electron chi connectivity index (χ0n) is 7.91. The number of hydrogen-bond donors (Lipinski definition) is 0. The Balaban J connectivity index is 3.54. The van der Waals surface area contributed by atoms with Gasteiger partial charge in [0.15, 0.2) is 0 Å². The molecule has 1 aromatic heterocycles. The zero-order chi connectivity index (χ0) is 12.5. The van der Waals surface area contributed by atoms with Crippen LogP contribution >= 0.6 is 11.6 Å². The summed E-state index contributed by atoms with van der Waals surface area (Å²) in [6, 6.07) is 0. The second-order valence-electron chi connectivity index (χ2n) is 2.87. The molecule has 16 heavy (non-hydrogen) atoms. The topological polar surface area (TPSA) is 73.1 Å². The molecule has 8 heteroatoms. The molecule has 1 heterocycles. The van der Waals surface area contributed by atoms with E-state index in [0.717, 1.165) is 6.92 Å². The molecule has 1 aromatic rings. The average molecular weight is 251 g/mol. The lowest BCUT2D eigenvalue weighted by Crippen LogP contribution is -2.06. The van der Waals surface area contributed by atoms with Gasteiger partial charge in [0.1, 0.15) is 6.20 Å². The van der Waals surface area contributed by atoms with Gasteiger partial charge in [0.25, 0.3) is 11.7 Å². The van der Waals surface area contributed by atoms with Gasteiger partial charge in [-0.1, -0.05) is 0 Å². The minimum absolute atomic E-state index is 0.261. The fourth-order valence-electron chi connectivity index (χ4n) is 1.23. The van der Waals surface area contributed by atoms with E-state index in [9.17, 15) is 23.7 Å². The number of nitro groups is 1. The summed E-state index contributed by atoms with van der Waals surface area (Å²) < 4.78 is 25.0. The molecule has 0 atom stereocenters. The Morgan fingerprint density at radius 3 is 2.56 bits per heavy atom. The van der Waals surface area contributed by atoms with Crippen molar-refractivity contribution >= 4 is 22.7 Å². The van der Waals surface area contributed by atoms with Crippen molar-refractivity contribution in [1.29, 1.82) is 0 Å². The first-order valence-corrected chi connectivity index (χ1v) is 4.36. The van der Waals surface area contributed by atoms with E-state index in [1.165, 1.54) is 0 Å². The van der Waals surface area contributed by atoms with Gasteiger partial charge < -0.3 is 10.1 Å². The van der Waals surface area contributed by atoms with Crippen LogP contribution in [0.15, 0.2) is 6.20 Å². The summed E-state index contributed by atoms with van der Waals surface area (Å²) >= 11 is 5.11. The van der Waals surface area contributed by atoms with E-state index in [0.29, 0.717) is 6.20 Å². The van der Waals surface area contributed by atoms with Crippen LogP contribution in [0.1, 0.15) is 27.9 Å². The molecule has 0 bridgehead atoms. The highest BCUT2D eigenvalue weighted by atomic mass is 35.5. The third kappa shape index (κ3) is 2.13. The SMILES string of the molecule is Cc1c([N+](=O)[O-])ncc(C(F)F)c1C(=O)Cl. The predicted molar refractivity (Wildman–Crippen MR) is 50.8 cm³/mol. The van der Waals surface area contributed by atoms with E-state index >= 15 is 0 Å². The maximum Gasteiger partial charge on any atom is 0.367 e. The molecule has 0 spiro atoms. The van der Waals surface area contributed by atoms with Gasteiger partial charge in [-0.05, 0) is 28.4 Å². The van der Waals surface area contributed by atoms with Crippen LogP contribution < -0.4 is 0 Å². The second-order valence-corrected chi connectivity index (χ2v) is 3.21. The lowest BCUT2D eigenvalue weighted by molar-refractivity contribution is -0.390. The normalized spacial score (nSPS) is 10.6. The molecule has 0 aliphatic rings. The van der Waals surface area contributed by atoms with Crippen LogP contribution in [0, 0.1) is 17.0 Å². The fraction of sp³-hybridized carbons (Fsp3) is 0.250. The first-order valence-electron chi connectivity index (χ1n) is 3.98. The Labute approximate surface area is 93.2 Å². The van der Waals surface area contributed by atoms with Crippen LogP contribution in [-0.4, -0.2) is 15.1 Å². The van der Waals surface area contributed by atoms with Gasteiger partial charge in [-0.25, -0.2) is 8.78 Å². The van der Waals surface area contributed by atoms with Gasteiger partial charge in [-0.3, -0.25) is 4.79 Å². The van der Waals surface area contributed by atoms with Gasteiger partial charge in [0.05, 0.1) is 16.7 Å². The molecule has 0 saturated carbocycles. The number of alkyl halides is 2. The first kappa shape index (κ1) is 12.4. The molecule has 0 aliphatic carbocycles. The van der Waals surface area contributed by atoms with Crippen molar-refractivity contribution in [2.24, 2.45) is 0 Å². The van der Waals surface area contributed by atoms with Crippen molar-refractivity contribution in [1.82, 2.24) is 4.98 Å². The molecule has 1 rings (SSSR count). The van der Waals surface area contributed by atoms with E-state index in [2.05, 4.69) is 4.98 Å². The predicted octanol–water partition coefficient (Wildman–Crippen LogP) is 2.61. The van der Waals surface area contributed by atoms with Crippen LogP contribution in [-0.2, 0) is 0 Å². The third-order valence-corrected chi connectivity index (χ3v) is 2.12. The molecule has 0 unspecified atom stereocenters. The molecule has 0 N–H and O–H groups in total. The van der Waals surface area contributed by atoms with E-state index < -0.39 is 33.5 Å². The molecule has 0 saturated heterocycles. The molecule has 0 aromatic carbocycles. The Morgan fingerprint density at radius 2 is 2.19 bits per heavy atom. The first-order chi connectivity index (χ1) is 7.36. The van der Waals surface area contributed by atoms with E-state index in [-0.39, 0.29) is 5.56 Å². The number of nitrogens with zero attached hydrogens (tertiary/aromatic N) is 2. The Hall–Kier alpha value is -1.63. The van der Waals surface area contributed by atoms with E-state index in [1.54, 1.807) is 0 Å². The van der Waals surface area contributed by atoms with E-state index in [1.807, 2.05) is 0 Å². The molecule has 5 nitrogen and oxygen atoms in total. The molecule has 0 aliphatic heterocycles. The van der Waals surface area contributed by atoms with Gasteiger partial charge in [0.2, 0.25) is 0 Å². The van der Waals surface area contributed by atoms with Crippen molar-refractivity contribution < 1.29 is 18.5 Å². The van der Waals surface area contributed by atoms with Crippen molar-refractivity contribution in [2.75, 3.05) is 0 Å². The summed E-state index contributed by atoms with van der Waals surface area (Å²) in [4.78, 5) is 23.8. The number of pyridine rings is 1. The molecule has 0 radical (unpaired) electrons. The lowest BCUT2D eigenvalue weighted by Gasteiger charge is -2.06. The molecular formula is C8H5ClF2N2O3. The second kappa shape index (κ2) is 4.48. The number of rotatable bonds is 3. The van der Waals surface area contributed by atoms with Gasteiger partial charge in [-0.15, -0.1) is 0 Å². The lowest BCUT2D eigenvalue weighted by atomic mass is 10.1. The molecule has 0 fully saturated rings. The smallest absolute Gasteiger partial charge is 0.358 e. The largest absolute Gasteiger partial charge is 0.367 e. The van der Waals surface area contributed by atoms with Crippen LogP contribution in [0.4, 0.5) is 14.6 Å². The third-order valence-electron chi connectivity index (χ3n) is 1.93. The highest BCUT2D eigenvalue weighted by Crippen LogP contribution is 2.29. The van der Waals surface area contributed by atoms with Crippen LogP contribution in [0.25, 0.3) is 0 Å². The number of carbonyl (C=O) groups excluding carboxylic acids is 1. The summed E-state index contributed by atoms with van der Waals surface area (Å²) in [7, 11) is 0. The highest BCUT2D eigenvalue weighted by molar-refractivity contribution is 6.68. The van der Waals surface area contributed by atoms with Crippen molar-refractivity contribution in [2.45, 2.75) is 13.3 Å². The number of halogens is 3. The summed E-state index contributed by atoms with van der Waals surface area (Å²) in [5.74, 6) is -0.659. The van der Waals surface area contributed by atoms with Gasteiger partial charge in [-0.2, -0.15) is 0 Å². The van der Waals surface area contributed by atoms with E-state index in [4.69, 9.17) is 11.6 Å². The molecule has 0 amide bonds. The summed E-state index contributed by atoms with van der Waals surface area (Å²) in [6.45, 7) is 1.15. The van der Waals surface area contributed by atoms with Crippen molar-refractivity contribution in [3.8, 4) is 0 Å². The summed E-state index contributed by atoms with van der Waals surface area (Å²) in [5.41, 5.74) is -1.52. The highest BCUT2D eigenvalue weighted by Gasteiger charge is 2.27. The Morgan fingerprint density at radius 1 is 1.62 bits per heavy atom. The summed E-state index contributed by atoms with van der Waals surface area (Å²) in [6.07, 6.45) is -2.38. The van der Waals surface area contributed by atoms with Crippen LogP contribution in [0.5, 0.6) is 0 Å².